The number of hydrogen-bond donors (Lipinski definition) is 3. The van der Waals surface area contributed by atoms with Gasteiger partial charge in [0.2, 0.25) is 5.91 Å². The number of aliphatic hydroxyl groups is 2. The summed E-state index contributed by atoms with van der Waals surface area (Å²) in [6.07, 6.45) is 80.3. The zero-order valence-electron chi connectivity index (χ0n) is 48.9. The molecule has 0 spiro atoms. The molecule has 0 aromatic heterocycles. The van der Waals surface area contributed by atoms with Crippen LogP contribution in [0.15, 0.2) is 48.6 Å². The topological polar surface area (TPSA) is 95.9 Å². The Morgan fingerprint density at radius 2 is 0.685 bits per heavy atom. The second-order valence-electron chi connectivity index (χ2n) is 22.1. The van der Waals surface area contributed by atoms with Crippen molar-refractivity contribution in [2.75, 3.05) is 13.2 Å². The lowest BCUT2D eigenvalue weighted by Gasteiger charge is -2.20. The van der Waals surface area contributed by atoms with Crippen LogP contribution in [0, 0.1) is 0 Å². The van der Waals surface area contributed by atoms with E-state index < -0.39 is 12.1 Å². The van der Waals surface area contributed by atoms with Crippen LogP contribution in [0.25, 0.3) is 0 Å². The standard InChI is InChI=1S/C67H125NO5/c1-3-5-7-9-11-13-15-17-33-37-41-45-49-53-57-61-67(72)73-62-58-54-50-46-42-38-35-32-30-28-26-24-22-20-18-19-21-23-25-27-29-31-34-36-40-44-48-52-56-60-66(71)68-64(63-69)65(70)59-55-51-47-43-39-16-14-12-10-8-6-4-2/h17-18,20,24,26,33,55,59,64-65,69-70H,3-16,19,21-23,25,27-32,34-54,56-58,60-63H2,1-2H3,(H,68,71)/b20-18-,26-24-,33-17-,59-55+. The van der Waals surface area contributed by atoms with Crippen LogP contribution in [0.2, 0.25) is 0 Å². The van der Waals surface area contributed by atoms with Crippen molar-refractivity contribution >= 4 is 11.9 Å². The van der Waals surface area contributed by atoms with Gasteiger partial charge in [-0.25, -0.2) is 0 Å². The van der Waals surface area contributed by atoms with E-state index >= 15 is 0 Å². The molecule has 0 rings (SSSR count). The molecule has 0 aromatic carbocycles. The van der Waals surface area contributed by atoms with Gasteiger partial charge >= 0.3 is 5.97 Å². The van der Waals surface area contributed by atoms with Crippen LogP contribution in [0.1, 0.15) is 341 Å². The SMILES string of the molecule is CCCCCCCC/C=C\CCCCCCCC(=O)OCCCCCCCCCCC/C=C\C/C=C\CCCCCCCCCCCCCCCC(=O)NC(CO)C(O)/C=C/CCCCCCCCCCCC. The predicted molar refractivity (Wildman–Crippen MR) is 319 cm³/mol. The van der Waals surface area contributed by atoms with Crippen LogP contribution in [0.3, 0.4) is 0 Å². The molecule has 2 atom stereocenters. The third-order valence-corrected chi connectivity index (χ3v) is 14.8. The number of carbonyl (C=O) groups is 2. The number of rotatable bonds is 60. The zero-order chi connectivity index (χ0) is 52.9. The summed E-state index contributed by atoms with van der Waals surface area (Å²) in [5.41, 5.74) is 0. The normalized spacial score (nSPS) is 12.9. The highest BCUT2D eigenvalue weighted by Crippen LogP contribution is 2.17. The molecule has 0 fully saturated rings. The van der Waals surface area contributed by atoms with Gasteiger partial charge in [-0.2, -0.15) is 0 Å². The van der Waals surface area contributed by atoms with Crippen molar-refractivity contribution < 1.29 is 24.5 Å². The Balaban J connectivity index is 3.41. The van der Waals surface area contributed by atoms with Gasteiger partial charge in [0.05, 0.1) is 25.4 Å². The molecular formula is C67H125NO5. The lowest BCUT2D eigenvalue weighted by molar-refractivity contribution is -0.143. The summed E-state index contributed by atoms with van der Waals surface area (Å²) in [5, 5.41) is 23.1. The maximum absolute atomic E-state index is 12.4. The molecule has 0 radical (unpaired) electrons. The Morgan fingerprint density at radius 1 is 0.384 bits per heavy atom. The number of nitrogens with one attached hydrogen (secondary N) is 1. The summed E-state index contributed by atoms with van der Waals surface area (Å²) >= 11 is 0. The van der Waals surface area contributed by atoms with Gasteiger partial charge in [0, 0.05) is 12.8 Å². The monoisotopic (exact) mass is 1020 g/mol. The number of amides is 1. The van der Waals surface area contributed by atoms with Gasteiger partial charge < -0.3 is 20.3 Å². The quantitative estimate of drug-likeness (QED) is 0.0320. The van der Waals surface area contributed by atoms with E-state index in [1.54, 1.807) is 6.08 Å². The Hall–Kier alpha value is -2.18. The van der Waals surface area contributed by atoms with Gasteiger partial charge in [-0.05, 0) is 89.9 Å². The zero-order valence-corrected chi connectivity index (χ0v) is 48.9. The third-order valence-electron chi connectivity index (χ3n) is 14.8. The third kappa shape index (κ3) is 58.9. The van der Waals surface area contributed by atoms with Gasteiger partial charge in [0.25, 0.3) is 0 Å². The van der Waals surface area contributed by atoms with Crippen molar-refractivity contribution in [3.05, 3.63) is 48.6 Å². The highest BCUT2D eigenvalue weighted by molar-refractivity contribution is 5.76. The number of carbonyl (C=O) groups excluding carboxylic acids is 2. The molecule has 6 heteroatoms. The van der Waals surface area contributed by atoms with Gasteiger partial charge in [-0.15, -0.1) is 0 Å². The van der Waals surface area contributed by atoms with Gasteiger partial charge in [0.15, 0.2) is 0 Å². The van der Waals surface area contributed by atoms with Crippen LogP contribution >= 0.6 is 0 Å². The van der Waals surface area contributed by atoms with Crippen molar-refractivity contribution in [1.29, 1.82) is 0 Å². The maximum Gasteiger partial charge on any atom is 0.305 e. The summed E-state index contributed by atoms with van der Waals surface area (Å²) in [6.45, 7) is 4.89. The smallest absolute Gasteiger partial charge is 0.305 e. The fraction of sp³-hybridized carbons (Fsp3) is 0.851. The average molecular weight is 1020 g/mol. The summed E-state index contributed by atoms with van der Waals surface area (Å²) in [6, 6.07) is -0.628. The molecule has 2 unspecified atom stereocenters. The van der Waals surface area contributed by atoms with Crippen LogP contribution in [-0.4, -0.2) is 47.4 Å². The number of esters is 1. The Kier molecular flexibility index (Phi) is 60.5. The molecule has 428 valence electrons. The van der Waals surface area contributed by atoms with E-state index in [2.05, 4.69) is 55.6 Å². The van der Waals surface area contributed by atoms with Crippen LogP contribution in [0.5, 0.6) is 0 Å². The van der Waals surface area contributed by atoms with Crippen LogP contribution in [0.4, 0.5) is 0 Å². The van der Waals surface area contributed by atoms with Crippen molar-refractivity contribution in [2.45, 2.75) is 353 Å². The van der Waals surface area contributed by atoms with Crippen molar-refractivity contribution in [2.24, 2.45) is 0 Å². The molecule has 0 aliphatic heterocycles. The molecule has 0 heterocycles. The Morgan fingerprint density at radius 3 is 1.05 bits per heavy atom. The van der Waals surface area contributed by atoms with E-state index in [0.717, 1.165) is 51.4 Å². The Labute approximate surface area is 455 Å². The second-order valence-corrected chi connectivity index (χ2v) is 22.1. The molecule has 73 heavy (non-hydrogen) atoms. The lowest BCUT2D eigenvalue weighted by Crippen LogP contribution is -2.45. The first kappa shape index (κ1) is 70.8. The van der Waals surface area contributed by atoms with E-state index in [1.807, 2.05) is 6.08 Å². The first-order valence-electron chi connectivity index (χ1n) is 32.4. The predicted octanol–water partition coefficient (Wildman–Crippen LogP) is 20.5. The van der Waals surface area contributed by atoms with E-state index in [4.69, 9.17) is 4.74 Å². The minimum Gasteiger partial charge on any atom is -0.466 e. The van der Waals surface area contributed by atoms with E-state index in [9.17, 15) is 19.8 Å². The number of allylic oxidation sites excluding steroid dienone is 7. The molecule has 0 bridgehead atoms. The molecule has 0 aliphatic rings. The first-order chi connectivity index (χ1) is 36.0. The van der Waals surface area contributed by atoms with E-state index in [1.165, 1.54) is 263 Å². The van der Waals surface area contributed by atoms with Gasteiger partial charge in [-0.3, -0.25) is 9.59 Å². The summed E-state index contributed by atoms with van der Waals surface area (Å²) in [7, 11) is 0. The van der Waals surface area contributed by atoms with Gasteiger partial charge in [0.1, 0.15) is 0 Å². The first-order valence-corrected chi connectivity index (χ1v) is 32.4. The van der Waals surface area contributed by atoms with Crippen LogP contribution < -0.4 is 5.32 Å². The number of hydrogen-bond acceptors (Lipinski definition) is 5. The summed E-state index contributed by atoms with van der Waals surface area (Å²) in [5.74, 6) is -0.0659. The average Bonchev–Trinajstić information content (AvgIpc) is 3.39. The van der Waals surface area contributed by atoms with Crippen molar-refractivity contribution in [3.63, 3.8) is 0 Å². The highest BCUT2D eigenvalue weighted by atomic mass is 16.5. The summed E-state index contributed by atoms with van der Waals surface area (Å²) in [4.78, 5) is 24.5. The van der Waals surface area contributed by atoms with Crippen molar-refractivity contribution in [3.8, 4) is 0 Å². The lowest BCUT2D eigenvalue weighted by atomic mass is 10.0. The molecule has 1 amide bonds. The fourth-order valence-electron chi connectivity index (χ4n) is 9.84. The second kappa shape index (κ2) is 62.4. The van der Waals surface area contributed by atoms with E-state index in [0.29, 0.717) is 19.4 Å². The van der Waals surface area contributed by atoms with Gasteiger partial charge in [-0.1, -0.05) is 287 Å². The van der Waals surface area contributed by atoms with Crippen LogP contribution in [-0.2, 0) is 14.3 Å². The number of unbranched alkanes of at least 4 members (excludes halogenated alkanes) is 43. The molecule has 6 nitrogen and oxygen atoms in total. The largest absolute Gasteiger partial charge is 0.466 e. The fourth-order valence-corrected chi connectivity index (χ4v) is 9.84. The molecule has 0 saturated heterocycles. The molecule has 0 aromatic rings. The molecule has 0 saturated carbocycles. The number of ether oxygens (including phenoxy) is 1. The molecule has 3 N–H and O–H groups in total. The van der Waals surface area contributed by atoms with Crippen molar-refractivity contribution in [1.82, 2.24) is 5.32 Å². The maximum atomic E-state index is 12.4. The highest BCUT2D eigenvalue weighted by Gasteiger charge is 2.18. The minimum absolute atomic E-state index is 0.00349. The number of aliphatic hydroxyl groups excluding tert-OH is 2. The molecule has 0 aliphatic carbocycles. The minimum atomic E-state index is -0.844. The summed E-state index contributed by atoms with van der Waals surface area (Å²) < 4.78 is 5.48. The Bertz CT molecular complexity index is 1230. The molecular weight excluding hydrogens is 899 g/mol. The van der Waals surface area contributed by atoms with E-state index in [-0.39, 0.29) is 18.5 Å².